The topological polar surface area (TPSA) is 43.4 Å². The first-order chi connectivity index (χ1) is 10.2. The van der Waals surface area contributed by atoms with Crippen LogP contribution in [0.25, 0.3) is 0 Å². The van der Waals surface area contributed by atoms with Crippen LogP contribution in [0.4, 0.5) is 0 Å². The predicted octanol–water partition coefficient (Wildman–Crippen LogP) is 3.56. The third-order valence-corrected chi connectivity index (χ3v) is 3.91. The molecule has 1 aromatic carbocycles. The number of rotatable bonds is 7. The summed E-state index contributed by atoms with van der Waals surface area (Å²) in [6.07, 6.45) is 0. The summed E-state index contributed by atoms with van der Waals surface area (Å²) in [5, 5.41) is 6.48. The van der Waals surface area contributed by atoms with Crippen molar-refractivity contribution in [1.82, 2.24) is 10.3 Å². The van der Waals surface area contributed by atoms with E-state index in [1.54, 1.807) is 11.3 Å². The first kappa shape index (κ1) is 15.8. The Labute approximate surface area is 130 Å². The summed E-state index contributed by atoms with van der Waals surface area (Å²) in [5.41, 5.74) is 2.15. The van der Waals surface area contributed by atoms with Crippen LogP contribution in [-0.4, -0.2) is 25.2 Å². The zero-order valence-corrected chi connectivity index (χ0v) is 13.8. The molecule has 4 nitrogen and oxygen atoms in total. The highest BCUT2D eigenvalue weighted by atomic mass is 32.1. The molecule has 0 amide bonds. The van der Waals surface area contributed by atoms with Crippen LogP contribution in [0.15, 0.2) is 23.6 Å². The number of hydrogen-bond acceptors (Lipinski definition) is 5. The molecule has 0 saturated carbocycles. The number of aryl methyl sites for hydroxylation is 1. The van der Waals surface area contributed by atoms with Crippen molar-refractivity contribution in [1.29, 1.82) is 0 Å². The van der Waals surface area contributed by atoms with Gasteiger partial charge in [0, 0.05) is 5.38 Å². The van der Waals surface area contributed by atoms with Crippen molar-refractivity contribution in [2.75, 3.05) is 20.3 Å². The molecule has 1 heterocycles. The molecule has 0 aliphatic heterocycles. The van der Waals surface area contributed by atoms with Gasteiger partial charge in [-0.2, -0.15) is 0 Å². The molecule has 114 valence electrons. The van der Waals surface area contributed by atoms with Gasteiger partial charge in [-0.15, -0.1) is 11.3 Å². The largest absolute Gasteiger partial charge is 0.490 e. The van der Waals surface area contributed by atoms with Crippen LogP contribution in [-0.2, 0) is 0 Å². The maximum atomic E-state index is 5.70. The molecule has 0 aliphatic rings. The minimum Gasteiger partial charge on any atom is -0.490 e. The van der Waals surface area contributed by atoms with Gasteiger partial charge in [0.25, 0.3) is 0 Å². The Morgan fingerprint density at radius 2 is 1.90 bits per heavy atom. The smallest absolute Gasteiger partial charge is 0.161 e. The Kier molecular flexibility index (Phi) is 5.59. The Hall–Kier alpha value is -1.59. The molecule has 0 fully saturated rings. The van der Waals surface area contributed by atoms with Crippen LogP contribution >= 0.6 is 11.3 Å². The van der Waals surface area contributed by atoms with E-state index in [0.29, 0.717) is 13.2 Å². The summed E-state index contributed by atoms with van der Waals surface area (Å²) < 4.78 is 11.3. The van der Waals surface area contributed by atoms with E-state index in [1.807, 2.05) is 40.0 Å². The molecular weight excluding hydrogens is 284 g/mol. The molecule has 2 rings (SSSR count). The van der Waals surface area contributed by atoms with E-state index in [0.717, 1.165) is 27.8 Å². The molecule has 0 aliphatic carbocycles. The molecule has 1 unspecified atom stereocenters. The van der Waals surface area contributed by atoms with Crippen molar-refractivity contribution in [3.05, 3.63) is 39.8 Å². The lowest BCUT2D eigenvalue weighted by atomic mass is 10.0. The van der Waals surface area contributed by atoms with E-state index in [4.69, 9.17) is 9.47 Å². The fourth-order valence-corrected chi connectivity index (χ4v) is 2.88. The van der Waals surface area contributed by atoms with Gasteiger partial charge in [-0.25, -0.2) is 4.98 Å². The average molecular weight is 306 g/mol. The first-order valence-corrected chi connectivity index (χ1v) is 8.06. The summed E-state index contributed by atoms with van der Waals surface area (Å²) >= 11 is 1.66. The zero-order chi connectivity index (χ0) is 15.2. The predicted molar refractivity (Wildman–Crippen MR) is 86.5 cm³/mol. The highest BCUT2D eigenvalue weighted by Gasteiger charge is 2.17. The average Bonchev–Trinajstić information content (AvgIpc) is 2.89. The van der Waals surface area contributed by atoms with Gasteiger partial charge >= 0.3 is 0 Å². The van der Waals surface area contributed by atoms with Crippen LogP contribution < -0.4 is 14.8 Å². The van der Waals surface area contributed by atoms with E-state index >= 15 is 0 Å². The van der Waals surface area contributed by atoms with E-state index in [-0.39, 0.29) is 6.04 Å². The molecule has 2 aromatic rings. The molecule has 0 saturated heterocycles. The van der Waals surface area contributed by atoms with E-state index in [1.165, 1.54) is 0 Å². The molecule has 0 spiro atoms. The number of thiazole rings is 1. The third kappa shape index (κ3) is 3.74. The number of ether oxygens (including phenoxy) is 2. The van der Waals surface area contributed by atoms with Gasteiger partial charge in [0.2, 0.25) is 0 Å². The Morgan fingerprint density at radius 1 is 1.19 bits per heavy atom. The molecule has 21 heavy (non-hydrogen) atoms. The van der Waals surface area contributed by atoms with E-state index < -0.39 is 0 Å². The molecule has 1 N–H and O–H groups in total. The summed E-state index contributed by atoms with van der Waals surface area (Å²) in [4.78, 5) is 4.58. The SMILES string of the molecule is CCOc1ccc(C(NC)c2csc(C)n2)cc1OCC. The standard InChI is InChI=1S/C16H22N2O2S/c1-5-19-14-8-7-12(9-15(14)20-6-2)16(17-4)13-10-21-11(3)18-13/h7-10,16-17H,5-6H2,1-4H3. The number of nitrogens with one attached hydrogen (secondary N) is 1. The molecule has 1 aromatic heterocycles. The van der Waals surface area contributed by atoms with Crippen LogP contribution in [0.3, 0.4) is 0 Å². The van der Waals surface area contributed by atoms with Gasteiger partial charge in [-0.05, 0) is 45.5 Å². The van der Waals surface area contributed by atoms with Gasteiger partial charge in [-0.3, -0.25) is 0 Å². The maximum Gasteiger partial charge on any atom is 0.161 e. The van der Waals surface area contributed by atoms with Gasteiger partial charge in [0.15, 0.2) is 11.5 Å². The highest BCUT2D eigenvalue weighted by Crippen LogP contribution is 2.33. The number of hydrogen-bond donors (Lipinski definition) is 1. The monoisotopic (exact) mass is 306 g/mol. The van der Waals surface area contributed by atoms with Crippen molar-refractivity contribution in [3.8, 4) is 11.5 Å². The van der Waals surface area contributed by atoms with Crippen molar-refractivity contribution < 1.29 is 9.47 Å². The lowest BCUT2D eigenvalue weighted by Gasteiger charge is -2.17. The van der Waals surface area contributed by atoms with Crippen molar-refractivity contribution in [2.24, 2.45) is 0 Å². The van der Waals surface area contributed by atoms with Crippen molar-refractivity contribution >= 4 is 11.3 Å². The summed E-state index contributed by atoms with van der Waals surface area (Å²) in [6, 6.07) is 6.12. The Balaban J connectivity index is 2.35. The minimum atomic E-state index is 0.0600. The van der Waals surface area contributed by atoms with Crippen LogP contribution in [0.2, 0.25) is 0 Å². The maximum absolute atomic E-state index is 5.70. The third-order valence-electron chi connectivity index (χ3n) is 3.12. The lowest BCUT2D eigenvalue weighted by molar-refractivity contribution is 0.287. The molecule has 5 heteroatoms. The zero-order valence-electron chi connectivity index (χ0n) is 13.0. The van der Waals surface area contributed by atoms with Crippen LogP contribution in [0.1, 0.15) is 36.2 Å². The lowest BCUT2D eigenvalue weighted by Crippen LogP contribution is -2.18. The van der Waals surface area contributed by atoms with Gasteiger partial charge < -0.3 is 14.8 Å². The van der Waals surface area contributed by atoms with Gasteiger partial charge in [-0.1, -0.05) is 6.07 Å². The number of nitrogens with zero attached hydrogens (tertiary/aromatic N) is 1. The highest BCUT2D eigenvalue weighted by molar-refractivity contribution is 7.09. The fraction of sp³-hybridized carbons (Fsp3) is 0.438. The molecule has 0 radical (unpaired) electrons. The second-order valence-electron chi connectivity index (χ2n) is 4.59. The number of benzene rings is 1. The van der Waals surface area contributed by atoms with Gasteiger partial charge in [0.05, 0.1) is 30.0 Å². The molecular formula is C16H22N2O2S. The fourth-order valence-electron chi connectivity index (χ4n) is 2.25. The van der Waals surface area contributed by atoms with Gasteiger partial charge in [0.1, 0.15) is 0 Å². The summed E-state index contributed by atoms with van der Waals surface area (Å²) in [5.74, 6) is 1.57. The van der Waals surface area contributed by atoms with Crippen LogP contribution in [0.5, 0.6) is 11.5 Å². The second-order valence-corrected chi connectivity index (χ2v) is 5.65. The van der Waals surface area contributed by atoms with E-state index in [2.05, 4.69) is 21.7 Å². The Morgan fingerprint density at radius 3 is 2.48 bits per heavy atom. The number of aromatic nitrogens is 1. The van der Waals surface area contributed by atoms with Crippen molar-refractivity contribution in [2.45, 2.75) is 26.8 Å². The molecule has 1 atom stereocenters. The van der Waals surface area contributed by atoms with E-state index in [9.17, 15) is 0 Å². The second kappa shape index (κ2) is 7.43. The van der Waals surface area contributed by atoms with Crippen LogP contribution in [0, 0.1) is 6.92 Å². The molecule has 0 bridgehead atoms. The van der Waals surface area contributed by atoms with Crippen molar-refractivity contribution in [3.63, 3.8) is 0 Å². The normalized spacial score (nSPS) is 12.2. The Bertz CT molecular complexity index is 583. The summed E-state index contributed by atoms with van der Waals surface area (Å²) in [6.45, 7) is 7.20. The summed E-state index contributed by atoms with van der Waals surface area (Å²) in [7, 11) is 1.94. The first-order valence-electron chi connectivity index (χ1n) is 7.18. The quantitative estimate of drug-likeness (QED) is 0.849. The minimum absolute atomic E-state index is 0.0600.